The smallest absolute Gasteiger partial charge is 0.313 e. The van der Waals surface area contributed by atoms with E-state index < -0.39 is 5.97 Å². The number of rotatable bonds is 1. The summed E-state index contributed by atoms with van der Waals surface area (Å²) in [5.74, 6) is -0.605. The third-order valence-electron chi connectivity index (χ3n) is 2.96. The van der Waals surface area contributed by atoms with E-state index in [1.54, 1.807) is 7.11 Å². The molecule has 0 aromatic carbocycles. The predicted octanol–water partition coefficient (Wildman–Crippen LogP) is 0.453. The number of esters is 1. The van der Waals surface area contributed by atoms with Crippen LogP contribution in [0.25, 0.3) is 0 Å². The van der Waals surface area contributed by atoms with Crippen molar-refractivity contribution in [2.45, 2.75) is 50.6 Å². The second kappa shape index (κ2) is 4.51. The van der Waals surface area contributed by atoms with Crippen molar-refractivity contribution in [3.05, 3.63) is 0 Å². The molecule has 0 radical (unpaired) electrons. The SMILES string of the molecule is COC1CC(=O)CC(=O)OC(C)CC2OC12. The van der Waals surface area contributed by atoms with E-state index in [2.05, 4.69) is 0 Å². The van der Waals surface area contributed by atoms with Crippen molar-refractivity contribution in [1.29, 1.82) is 0 Å². The molecule has 0 spiro atoms. The zero-order valence-electron chi connectivity index (χ0n) is 9.47. The van der Waals surface area contributed by atoms with E-state index in [0.717, 1.165) is 0 Å². The molecule has 2 saturated heterocycles. The number of carbonyl (C=O) groups excluding carboxylic acids is 2. The first-order valence-corrected chi connectivity index (χ1v) is 5.49. The van der Waals surface area contributed by atoms with Gasteiger partial charge in [-0.3, -0.25) is 9.59 Å². The first-order chi connectivity index (χ1) is 7.60. The van der Waals surface area contributed by atoms with Gasteiger partial charge in [0.15, 0.2) is 0 Å². The Labute approximate surface area is 94.0 Å². The molecule has 90 valence electrons. The van der Waals surface area contributed by atoms with Crippen molar-refractivity contribution in [3.63, 3.8) is 0 Å². The highest BCUT2D eigenvalue weighted by Crippen LogP contribution is 2.33. The van der Waals surface area contributed by atoms with Gasteiger partial charge in [0.1, 0.15) is 24.4 Å². The first kappa shape index (κ1) is 11.5. The van der Waals surface area contributed by atoms with E-state index in [9.17, 15) is 9.59 Å². The van der Waals surface area contributed by atoms with Gasteiger partial charge in [-0.2, -0.15) is 0 Å². The fourth-order valence-corrected chi connectivity index (χ4v) is 2.11. The number of Topliss-reactive ketones (excluding diaryl/α,β-unsaturated/α-hetero) is 1. The number of hydrogen-bond acceptors (Lipinski definition) is 5. The number of hydrogen-bond donors (Lipinski definition) is 0. The third kappa shape index (κ3) is 2.59. The van der Waals surface area contributed by atoms with E-state index in [1.165, 1.54) is 0 Å². The van der Waals surface area contributed by atoms with Gasteiger partial charge in [0.2, 0.25) is 0 Å². The molecule has 2 fully saturated rings. The Morgan fingerprint density at radius 3 is 2.81 bits per heavy atom. The maximum atomic E-state index is 11.5. The zero-order chi connectivity index (χ0) is 11.7. The Balaban J connectivity index is 2.04. The van der Waals surface area contributed by atoms with Crippen molar-refractivity contribution < 1.29 is 23.8 Å². The van der Waals surface area contributed by atoms with Crippen LogP contribution < -0.4 is 0 Å². The predicted molar refractivity (Wildman–Crippen MR) is 53.9 cm³/mol. The summed E-state index contributed by atoms with van der Waals surface area (Å²) in [6, 6.07) is 0. The number of ketones is 1. The molecule has 0 bridgehead atoms. The van der Waals surface area contributed by atoms with Crippen molar-refractivity contribution >= 4 is 11.8 Å². The van der Waals surface area contributed by atoms with Gasteiger partial charge >= 0.3 is 5.97 Å². The summed E-state index contributed by atoms with van der Waals surface area (Å²) in [6.07, 6.45) is 0.334. The van der Waals surface area contributed by atoms with Crippen molar-refractivity contribution in [3.8, 4) is 0 Å². The van der Waals surface area contributed by atoms with Crippen LogP contribution in [0.3, 0.4) is 0 Å². The van der Waals surface area contributed by atoms with E-state index in [-0.39, 0.29) is 43.0 Å². The standard InChI is InChI=1S/C11H16O5/c1-6-3-9-11(16-9)8(14-2)4-7(12)5-10(13)15-6/h6,8-9,11H,3-5H2,1-2H3. The maximum absolute atomic E-state index is 11.5. The molecule has 0 saturated carbocycles. The molecule has 0 aromatic rings. The van der Waals surface area contributed by atoms with Gasteiger partial charge in [0.25, 0.3) is 0 Å². The number of methoxy groups -OCH3 is 1. The first-order valence-electron chi connectivity index (χ1n) is 5.49. The Morgan fingerprint density at radius 2 is 2.12 bits per heavy atom. The molecular formula is C11H16O5. The summed E-state index contributed by atoms with van der Waals surface area (Å²) >= 11 is 0. The molecule has 2 heterocycles. The average Bonchev–Trinajstić information content (AvgIpc) is 2.91. The van der Waals surface area contributed by atoms with Crippen LogP contribution in [0.5, 0.6) is 0 Å². The van der Waals surface area contributed by atoms with E-state index in [0.29, 0.717) is 6.42 Å². The summed E-state index contributed by atoms with van der Waals surface area (Å²) in [6.45, 7) is 1.81. The average molecular weight is 228 g/mol. The molecule has 4 atom stereocenters. The molecule has 0 aromatic heterocycles. The second-order valence-electron chi connectivity index (χ2n) is 4.37. The number of ether oxygens (including phenoxy) is 3. The Morgan fingerprint density at radius 1 is 1.38 bits per heavy atom. The van der Waals surface area contributed by atoms with Crippen LogP contribution in [-0.2, 0) is 23.8 Å². The maximum Gasteiger partial charge on any atom is 0.313 e. The molecule has 5 nitrogen and oxygen atoms in total. The van der Waals surface area contributed by atoms with Gasteiger partial charge in [-0.05, 0) is 6.92 Å². The highest BCUT2D eigenvalue weighted by molar-refractivity contribution is 5.95. The summed E-state index contributed by atoms with van der Waals surface area (Å²) in [7, 11) is 1.56. The molecule has 0 aliphatic carbocycles. The Hall–Kier alpha value is -0.940. The molecule has 16 heavy (non-hydrogen) atoms. The lowest BCUT2D eigenvalue weighted by Gasteiger charge is -2.16. The summed E-state index contributed by atoms with van der Waals surface area (Å²) in [4.78, 5) is 22.8. The van der Waals surface area contributed by atoms with Crippen molar-refractivity contribution in [1.82, 2.24) is 0 Å². The lowest BCUT2D eigenvalue weighted by atomic mass is 10.0. The normalized spacial score (nSPS) is 39.9. The molecule has 2 aliphatic rings. The van der Waals surface area contributed by atoms with Gasteiger partial charge in [0, 0.05) is 20.0 Å². The van der Waals surface area contributed by atoms with E-state index in [4.69, 9.17) is 14.2 Å². The van der Waals surface area contributed by atoms with Crippen LogP contribution in [0.15, 0.2) is 0 Å². The summed E-state index contributed by atoms with van der Waals surface area (Å²) in [5, 5.41) is 0. The minimum absolute atomic E-state index is 0.0202. The summed E-state index contributed by atoms with van der Waals surface area (Å²) in [5.41, 5.74) is 0. The van der Waals surface area contributed by atoms with E-state index in [1.807, 2.05) is 6.92 Å². The quantitative estimate of drug-likeness (QED) is 0.370. The van der Waals surface area contributed by atoms with Crippen LogP contribution in [0.4, 0.5) is 0 Å². The van der Waals surface area contributed by atoms with Gasteiger partial charge < -0.3 is 14.2 Å². The van der Waals surface area contributed by atoms with E-state index >= 15 is 0 Å². The largest absolute Gasteiger partial charge is 0.462 e. The van der Waals surface area contributed by atoms with Crippen LogP contribution in [0, 0.1) is 0 Å². The van der Waals surface area contributed by atoms with Crippen LogP contribution in [0.2, 0.25) is 0 Å². The minimum atomic E-state index is -0.452. The molecule has 0 amide bonds. The number of epoxide rings is 1. The number of carbonyl (C=O) groups is 2. The second-order valence-corrected chi connectivity index (χ2v) is 4.37. The van der Waals surface area contributed by atoms with Crippen LogP contribution >= 0.6 is 0 Å². The van der Waals surface area contributed by atoms with Crippen LogP contribution in [0.1, 0.15) is 26.2 Å². The molecular weight excluding hydrogens is 212 g/mol. The lowest BCUT2D eigenvalue weighted by molar-refractivity contribution is -0.151. The number of fused-ring (bicyclic) bond motifs is 1. The highest BCUT2D eigenvalue weighted by atomic mass is 16.6. The highest BCUT2D eigenvalue weighted by Gasteiger charge is 2.47. The molecule has 5 heteroatoms. The van der Waals surface area contributed by atoms with Gasteiger partial charge in [0.05, 0.1) is 12.2 Å². The van der Waals surface area contributed by atoms with Crippen LogP contribution in [-0.4, -0.2) is 43.3 Å². The van der Waals surface area contributed by atoms with Gasteiger partial charge in [-0.25, -0.2) is 0 Å². The van der Waals surface area contributed by atoms with Gasteiger partial charge in [-0.1, -0.05) is 0 Å². The van der Waals surface area contributed by atoms with Crippen molar-refractivity contribution in [2.24, 2.45) is 0 Å². The fraction of sp³-hybridized carbons (Fsp3) is 0.818. The lowest BCUT2D eigenvalue weighted by Crippen LogP contribution is -2.29. The summed E-state index contributed by atoms with van der Waals surface area (Å²) < 4.78 is 15.7. The van der Waals surface area contributed by atoms with Crippen molar-refractivity contribution in [2.75, 3.05) is 7.11 Å². The topological polar surface area (TPSA) is 65.1 Å². The molecule has 0 N–H and O–H groups in total. The minimum Gasteiger partial charge on any atom is -0.462 e. The third-order valence-corrected chi connectivity index (χ3v) is 2.96. The Bertz CT molecular complexity index is 301. The number of cyclic esters (lactones) is 1. The monoisotopic (exact) mass is 228 g/mol. The molecule has 2 rings (SSSR count). The zero-order valence-corrected chi connectivity index (χ0v) is 9.47. The molecule has 4 unspecified atom stereocenters. The molecule has 2 aliphatic heterocycles. The van der Waals surface area contributed by atoms with Gasteiger partial charge in [-0.15, -0.1) is 0 Å². The Kier molecular flexibility index (Phi) is 3.25. The fourth-order valence-electron chi connectivity index (χ4n) is 2.11.